The molecule has 0 bridgehead atoms. The van der Waals surface area contributed by atoms with Crippen molar-refractivity contribution in [3.8, 4) is 0 Å². The molecule has 98 valence electrons. The fourth-order valence-electron chi connectivity index (χ4n) is 2.02. The number of carbonyl (C=O) groups is 2. The molecule has 7 heteroatoms. The van der Waals surface area contributed by atoms with E-state index in [9.17, 15) is 9.59 Å². The van der Waals surface area contributed by atoms with Gasteiger partial charge in [-0.2, -0.15) is 0 Å². The van der Waals surface area contributed by atoms with Gasteiger partial charge in [0, 0.05) is 17.6 Å². The number of nitrogens with zero attached hydrogens (tertiary/aromatic N) is 2. The number of aromatic nitrogens is 1. The van der Waals surface area contributed by atoms with Crippen molar-refractivity contribution in [2.45, 2.75) is 32.4 Å². The van der Waals surface area contributed by atoms with Crippen molar-refractivity contribution in [3.63, 3.8) is 0 Å². The smallest absolute Gasteiger partial charge is 0.326 e. The van der Waals surface area contributed by atoms with Gasteiger partial charge < -0.3 is 15.3 Å². The third-order valence-electron chi connectivity index (χ3n) is 2.88. The Kier molecular flexibility index (Phi) is 3.81. The second kappa shape index (κ2) is 5.34. The first-order chi connectivity index (χ1) is 8.58. The van der Waals surface area contributed by atoms with Crippen LogP contribution in [-0.2, 0) is 11.3 Å². The minimum Gasteiger partial charge on any atom is -0.480 e. The Balaban J connectivity index is 1.89. The van der Waals surface area contributed by atoms with Gasteiger partial charge in [-0.3, -0.25) is 0 Å². The topological polar surface area (TPSA) is 82.5 Å². The van der Waals surface area contributed by atoms with E-state index >= 15 is 0 Å². The van der Waals surface area contributed by atoms with E-state index in [1.54, 1.807) is 6.20 Å². The predicted molar refractivity (Wildman–Crippen MR) is 66.5 cm³/mol. The first-order valence-corrected chi connectivity index (χ1v) is 6.58. The average Bonchev–Trinajstić information content (AvgIpc) is 2.94. The van der Waals surface area contributed by atoms with Crippen molar-refractivity contribution < 1.29 is 14.7 Å². The van der Waals surface area contributed by atoms with Gasteiger partial charge in [0.05, 0.1) is 11.6 Å². The van der Waals surface area contributed by atoms with Crippen molar-refractivity contribution >= 4 is 23.3 Å². The Labute approximate surface area is 109 Å². The maximum absolute atomic E-state index is 11.9. The standard InChI is InChI=1S/C11H15N3O3S/c1-7-12-5-8(18-7)6-13-11(17)14-4-2-3-9(14)10(15)16/h5,9H,2-4,6H2,1H3,(H,13,17)(H,15,16)/t9-/m0/s1. The molecule has 1 aromatic rings. The largest absolute Gasteiger partial charge is 0.480 e. The molecule has 0 aliphatic carbocycles. The van der Waals surface area contributed by atoms with Gasteiger partial charge in [0.15, 0.2) is 0 Å². The molecule has 2 N–H and O–H groups in total. The Morgan fingerprint density at radius 3 is 3.06 bits per heavy atom. The number of carboxylic acids is 1. The number of rotatable bonds is 3. The normalized spacial score (nSPS) is 18.9. The SMILES string of the molecule is Cc1ncc(CNC(=O)N2CCC[C@H]2C(=O)O)s1. The van der Waals surface area contributed by atoms with Crippen LogP contribution in [0.2, 0.25) is 0 Å². The van der Waals surface area contributed by atoms with Crippen LogP contribution in [0.15, 0.2) is 6.20 Å². The number of aryl methyl sites for hydroxylation is 1. The van der Waals surface area contributed by atoms with Gasteiger partial charge in [0.25, 0.3) is 0 Å². The van der Waals surface area contributed by atoms with Gasteiger partial charge in [-0.25, -0.2) is 14.6 Å². The zero-order chi connectivity index (χ0) is 13.1. The number of likely N-dealkylation sites (tertiary alicyclic amines) is 1. The number of carbonyl (C=O) groups excluding carboxylic acids is 1. The number of aliphatic carboxylic acids is 1. The van der Waals surface area contributed by atoms with Gasteiger partial charge in [-0.1, -0.05) is 0 Å². The van der Waals surface area contributed by atoms with E-state index in [-0.39, 0.29) is 6.03 Å². The van der Waals surface area contributed by atoms with Crippen LogP contribution in [0.4, 0.5) is 4.79 Å². The van der Waals surface area contributed by atoms with Crippen molar-refractivity contribution in [2.75, 3.05) is 6.54 Å². The molecule has 1 aromatic heterocycles. The molecule has 2 rings (SSSR count). The van der Waals surface area contributed by atoms with Crippen LogP contribution in [0, 0.1) is 6.92 Å². The fourth-order valence-corrected chi connectivity index (χ4v) is 2.75. The predicted octanol–water partition coefficient (Wildman–Crippen LogP) is 1.21. The Hall–Kier alpha value is -1.63. The molecule has 0 aromatic carbocycles. The lowest BCUT2D eigenvalue weighted by atomic mass is 10.2. The molecular formula is C11H15N3O3S. The maximum atomic E-state index is 11.9. The highest BCUT2D eigenvalue weighted by molar-refractivity contribution is 7.11. The first-order valence-electron chi connectivity index (χ1n) is 5.76. The monoisotopic (exact) mass is 269 g/mol. The molecule has 6 nitrogen and oxygen atoms in total. The van der Waals surface area contributed by atoms with Crippen molar-refractivity contribution in [2.24, 2.45) is 0 Å². The van der Waals surface area contributed by atoms with Crippen LogP contribution in [0.3, 0.4) is 0 Å². The second-order valence-corrected chi connectivity index (χ2v) is 5.51. The summed E-state index contributed by atoms with van der Waals surface area (Å²) in [5.41, 5.74) is 0. The number of urea groups is 1. The van der Waals surface area contributed by atoms with Crippen LogP contribution in [0.1, 0.15) is 22.7 Å². The number of hydrogen-bond donors (Lipinski definition) is 2. The van der Waals surface area contributed by atoms with E-state index in [4.69, 9.17) is 5.11 Å². The molecule has 1 aliphatic heterocycles. The van der Waals surface area contributed by atoms with Gasteiger partial charge in [0.1, 0.15) is 6.04 Å². The maximum Gasteiger partial charge on any atom is 0.326 e. The summed E-state index contributed by atoms with van der Waals surface area (Å²) < 4.78 is 0. The lowest BCUT2D eigenvalue weighted by Gasteiger charge is -2.21. The minimum absolute atomic E-state index is 0.314. The van der Waals surface area contributed by atoms with Crippen LogP contribution in [0.5, 0.6) is 0 Å². The molecule has 2 heterocycles. The Morgan fingerprint density at radius 1 is 1.67 bits per heavy atom. The van der Waals surface area contributed by atoms with Crippen LogP contribution in [0.25, 0.3) is 0 Å². The Bertz CT molecular complexity index is 460. The van der Waals surface area contributed by atoms with Crippen LogP contribution in [-0.4, -0.2) is 39.6 Å². The first kappa shape index (κ1) is 12.8. The second-order valence-electron chi connectivity index (χ2n) is 4.19. The molecule has 1 atom stereocenters. The summed E-state index contributed by atoms with van der Waals surface area (Å²) in [6.07, 6.45) is 2.99. The molecule has 1 saturated heterocycles. The molecule has 0 saturated carbocycles. The summed E-state index contributed by atoms with van der Waals surface area (Å²) in [5, 5.41) is 12.7. The van der Waals surface area contributed by atoms with Gasteiger partial charge in [0.2, 0.25) is 0 Å². The highest BCUT2D eigenvalue weighted by Gasteiger charge is 2.33. The summed E-state index contributed by atoms with van der Waals surface area (Å²) in [4.78, 5) is 29.3. The fraction of sp³-hybridized carbons (Fsp3) is 0.545. The van der Waals surface area contributed by atoms with Gasteiger partial charge >= 0.3 is 12.0 Å². The molecule has 1 aliphatic rings. The minimum atomic E-state index is -0.934. The van der Waals surface area contributed by atoms with E-state index in [1.807, 2.05) is 6.92 Å². The molecule has 0 unspecified atom stereocenters. The summed E-state index contributed by atoms with van der Waals surface area (Å²) >= 11 is 1.52. The number of hydrogen-bond acceptors (Lipinski definition) is 4. The van der Waals surface area contributed by atoms with Crippen molar-refractivity contribution in [1.29, 1.82) is 0 Å². The third kappa shape index (κ3) is 2.79. The summed E-state index contributed by atoms with van der Waals surface area (Å²) in [6.45, 7) is 2.80. The zero-order valence-corrected chi connectivity index (χ0v) is 10.9. The number of nitrogens with one attached hydrogen (secondary N) is 1. The highest BCUT2D eigenvalue weighted by atomic mass is 32.1. The average molecular weight is 269 g/mol. The van der Waals surface area contributed by atoms with E-state index < -0.39 is 12.0 Å². The summed E-state index contributed by atoms with van der Waals surface area (Å²) in [5.74, 6) is -0.934. The van der Waals surface area contributed by atoms with Crippen LogP contribution < -0.4 is 5.32 Å². The van der Waals surface area contributed by atoms with Gasteiger partial charge in [-0.05, 0) is 19.8 Å². The molecule has 2 amide bonds. The highest BCUT2D eigenvalue weighted by Crippen LogP contribution is 2.17. The van der Waals surface area contributed by atoms with Crippen LogP contribution >= 0.6 is 11.3 Å². The number of carboxylic acid groups (broad SMARTS) is 1. The lowest BCUT2D eigenvalue weighted by molar-refractivity contribution is -0.141. The zero-order valence-electron chi connectivity index (χ0n) is 10.0. The quantitative estimate of drug-likeness (QED) is 0.864. The van der Waals surface area contributed by atoms with Crippen molar-refractivity contribution in [3.05, 3.63) is 16.1 Å². The van der Waals surface area contributed by atoms with E-state index in [0.29, 0.717) is 19.5 Å². The lowest BCUT2D eigenvalue weighted by Crippen LogP contribution is -2.45. The van der Waals surface area contributed by atoms with E-state index in [0.717, 1.165) is 16.3 Å². The number of amides is 2. The van der Waals surface area contributed by atoms with Crippen molar-refractivity contribution in [1.82, 2.24) is 15.2 Å². The molecule has 18 heavy (non-hydrogen) atoms. The molecule has 0 radical (unpaired) electrons. The van der Waals surface area contributed by atoms with E-state index in [2.05, 4.69) is 10.3 Å². The number of thiazole rings is 1. The molecule has 0 spiro atoms. The van der Waals surface area contributed by atoms with Gasteiger partial charge in [-0.15, -0.1) is 11.3 Å². The third-order valence-corrected chi connectivity index (χ3v) is 3.79. The summed E-state index contributed by atoms with van der Waals surface area (Å²) in [6, 6.07) is -1.00. The Morgan fingerprint density at radius 2 is 2.44 bits per heavy atom. The summed E-state index contributed by atoms with van der Waals surface area (Å²) in [7, 11) is 0. The van der Waals surface area contributed by atoms with E-state index in [1.165, 1.54) is 16.2 Å². The molecule has 1 fully saturated rings. The molecular weight excluding hydrogens is 254 g/mol.